The van der Waals surface area contributed by atoms with Crippen LogP contribution in [0.4, 0.5) is 4.79 Å². The zero-order chi connectivity index (χ0) is 18.5. The second kappa shape index (κ2) is 7.99. The predicted molar refractivity (Wildman–Crippen MR) is 98.6 cm³/mol. The van der Waals surface area contributed by atoms with Gasteiger partial charge in [0.1, 0.15) is 5.75 Å². The quantitative estimate of drug-likeness (QED) is 0.857. The molecule has 138 valence electrons. The number of hydrogen-bond acceptors (Lipinski definition) is 4. The average molecular weight is 356 g/mol. The van der Waals surface area contributed by atoms with Crippen LogP contribution in [0.5, 0.6) is 17.2 Å². The molecule has 1 aliphatic heterocycles. The zero-order valence-electron chi connectivity index (χ0n) is 15.3. The van der Waals surface area contributed by atoms with E-state index >= 15 is 0 Å². The van der Waals surface area contributed by atoms with Gasteiger partial charge in [-0.15, -0.1) is 0 Å². The first-order chi connectivity index (χ1) is 12.6. The van der Waals surface area contributed by atoms with Crippen molar-refractivity contribution >= 4 is 6.03 Å². The van der Waals surface area contributed by atoms with Gasteiger partial charge in [-0.05, 0) is 49.2 Å². The summed E-state index contributed by atoms with van der Waals surface area (Å²) in [4.78, 5) is 14.1. The molecule has 0 aliphatic carbocycles. The number of urea groups is 1. The van der Waals surface area contributed by atoms with E-state index in [0.29, 0.717) is 13.2 Å². The monoisotopic (exact) mass is 356 g/mol. The van der Waals surface area contributed by atoms with Gasteiger partial charge in [0, 0.05) is 13.6 Å². The molecule has 26 heavy (non-hydrogen) atoms. The number of carbonyl (C=O) groups is 1. The molecule has 3 rings (SSSR count). The van der Waals surface area contributed by atoms with Crippen LogP contribution in [0.2, 0.25) is 0 Å². The van der Waals surface area contributed by atoms with Crippen molar-refractivity contribution < 1.29 is 19.0 Å². The van der Waals surface area contributed by atoms with Crippen molar-refractivity contribution in [2.75, 3.05) is 20.4 Å². The fourth-order valence-corrected chi connectivity index (χ4v) is 2.80. The van der Waals surface area contributed by atoms with Crippen molar-refractivity contribution in [1.29, 1.82) is 0 Å². The van der Waals surface area contributed by atoms with Gasteiger partial charge in [-0.3, -0.25) is 0 Å². The van der Waals surface area contributed by atoms with E-state index < -0.39 is 0 Å². The largest absolute Gasteiger partial charge is 0.494 e. The molecule has 6 heteroatoms. The number of ether oxygens (including phenoxy) is 3. The number of rotatable bonds is 6. The van der Waals surface area contributed by atoms with E-state index in [1.165, 1.54) is 0 Å². The van der Waals surface area contributed by atoms with Crippen LogP contribution < -0.4 is 19.5 Å². The van der Waals surface area contributed by atoms with Gasteiger partial charge in [-0.25, -0.2) is 4.79 Å². The lowest BCUT2D eigenvalue weighted by molar-refractivity contribution is 0.174. The first kappa shape index (κ1) is 17.9. The second-order valence-electron chi connectivity index (χ2n) is 6.22. The minimum atomic E-state index is -0.142. The van der Waals surface area contributed by atoms with Crippen LogP contribution in [0.25, 0.3) is 0 Å². The summed E-state index contributed by atoms with van der Waals surface area (Å²) in [6.07, 6.45) is 0. The number of amides is 2. The minimum Gasteiger partial charge on any atom is -0.494 e. The van der Waals surface area contributed by atoms with Gasteiger partial charge in [-0.2, -0.15) is 0 Å². The van der Waals surface area contributed by atoms with E-state index in [2.05, 4.69) is 5.32 Å². The number of hydrogen-bond donors (Lipinski definition) is 1. The standard InChI is InChI=1S/C20H24N2O4/c1-4-24-17-7-5-6-16(11-17)14(2)21-20(23)22(3)12-15-8-9-18-19(10-15)26-13-25-18/h5-11,14H,4,12-13H2,1-3H3,(H,21,23). The van der Waals surface area contributed by atoms with E-state index in [1.54, 1.807) is 11.9 Å². The van der Waals surface area contributed by atoms with Crippen LogP contribution in [0, 0.1) is 0 Å². The van der Waals surface area contributed by atoms with Crippen molar-refractivity contribution in [2.24, 2.45) is 0 Å². The Morgan fingerprint density at radius 1 is 1.23 bits per heavy atom. The van der Waals surface area contributed by atoms with E-state index in [9.17, 15) is 4.79 Å². The first-order valence-electron chi connectivity index (χ1n) is 8.69. The lowest BCUT2D eigenvalue weighted by Crippen LogP contribution is -2.38. The Hall–Kier alpha value is -2.89. The highest BCUT2D eigenvalue weighted by Crippen LogP contribution is 2.32. The highest BCUT2D eigenvalue weighted by molar-refractivity contribution is 5.74. The summed E-state index contributed by atoms with van der Waals surface area (Å²) in [5, 5.41) is 3.01. The smallest absolute Gasteiger partial charge is 0.317 e. The molecule has 2 amide bonds. The van der Waals surface area contributed by atoms with Crippen molar-refractivity contribution in [3.05, 3.63) is 53.6 Å². The Morgan fingerprint density at radius 2 is 2.04 bits per heavy atom. The molecule has 0 radical (unpaired) electrons. The third-order valence-corrected chi connectivity index (χ3v) is 4.21. The molecule has 0 saturated heterocycles. The molecule has 1 heterocycles. The maximum atomic E-state index is 12.5. The third kappa shape index (κ3) is 4.20. The Balaban J connectivity index is 1.59. The molecule has 6 nitrogen and oxygen atoms in total. The molecular formula is C20H24N2O4. The van der Waals surface area contributed by atoms with Gasteiger partial charge in [0.2, 0.25) is 6.79 Å². The van der Waals surface area contributed by atoms with Gasteiger partial charge >= 0.3 is 6.03 Å². The van der Waals surface area contributed by atoms with Crippen LogP contribution in [0.3, 0.4) is 0 Å². The SMILES string of the molecule is CCOc1cccc(C(C)NC(=O)N(C)Cc2ccc3c(c2)OCO3)c1. The molecule has 0 bridgehead atoms. The Kier molecular flexibility index (Phi) is 5.51. The van der Waals surface area contributed by atoms with E-state index in [0.717, 1.165) is 28.4 Å². The van der Waals surface area contributed by atoms with Gasteiger partial charge in [-0.1, -0.05) is 18.2 Å². The topological polar surface area (TPSA) is 60.0 Å². The highest BCUT2D eigenvalue weighted by Gasteiger charge is 2.17. The summed E-state index contributed by atoms with van der Waals surface area (Å²) in [5.74, 6) is 2.26. The average Bonchev–Trinajstić information content (AvgIpc) is 3.10. The van der Waals surface area contributed by atoms with Crippen molar-refractivity contribution in [2.45, 2.75) is 26.4 Å². The lowest BCUT2D eigenvalue weighted by atomic mass is 10.1. The number of benzene rings is 2. The van der Waals surface area contributed by atoms with Crippen molar-refractivity contribution in [1.82, 2.24) is 10.2 Å². The van der Waals surface area contributed by atoms with Gasteiger partial charge in [0.15, 0.2) is 11.5 Å². The summed E-state index contributed by atoms with van der Waals surface area (Å²) >= 11 is 0. The Morgan fingerprint density at radius 3 is 2.85 bits per heavy atom. The fraction of sp³-hybridized carbons (Fsp3) is 0.350. The van der Waals surface area contributed by atoms with Crippen LogP contribution in [0.15, 0.2) is 42.5 Å². The normalized spacial score (nSPS) is 13.2. The Bertz CT molecular complexity index is 778. The van der Waals surface area contributed by atoms with Gasteiger partial charge < -0.3 is 24.4 Å². The maximum absolute atomic E-state index is 12.5. The van der Waals surface area contributed by atoms with Crippen LogP contribution >= 0.6 is 0 Å². The lowest BCUT2D eigenvalue weighted by Gasteiger charge is -2.22. The molecule has 0 aromatic heterocycles. The molecular weight excluding hydrogens is 332 g/mol. The third-order valence-electron chi connectivity index (χ3n) is 4.21. The summed E-state index contributed by atoms with van der Waals surface area (Å²) in [7, 11) is 1.77. The number of nitrogens with zero attached hydrogens (tertiary/aromatic N) is 1. The zero-order valence-corrected chi connectivity index (χ0v) is 15.3. The van der Waals surface area contributed by atoms with Gasteiger partial charge in [0.05, 0.1) is 12.6 Å². The number of nitrogens with one attached hydrogen (secondary N) is 1. The predicted octanol–water partition coefficient (Wildman–Crippen LogP) is 3.72. The first-order valence-corrected chi connectivity index (χ1v) is 8.69. The summed E-state index contributed by atoms with van der Waals surface area (Å²) in [6.45, 7) is 5.24. The molecule has 2 aromatic rings. The summed E-state index contributed by atoms with van der Waals surface area (Å²) < 4.78 is 16.2. The van der Waals surface area contributed by atoms with E-state index in [-0.39, 0.29) is 18.9 Å². The molecule has 0 saturated carbocycles. The van der Waals surface area contributed by atoms with E-state index in [4.69, 9.17) is 14.2 Å². The molecule has 1 aliphatic rings. The van der Waals surface area contributed by atoms with Crippen molar-refractivity contribution in [3.63, 3.8) is 0 Å². The summed E-state index contributed by atoms with van der Waals surface area (Å²) in [6, 6.07) is 13.2. The molecule has 1 atom stereocenters. The molecule has 0 fully saturated rings. The second-order valence-corrected chi connectivity index (χ2v) is 6.22. The summed E-state index contributed by atoms with van der Waals surface area (Å²) in [5.41, 5.74) is 1.98. The molecule has 1 unspecified atom stereocenters. The van der Waals surface area contributed by atoms with Crippen molar-refractivity contribution in [3.8, 4) is 17.2 Å². The minimum absolute atomic E-state index is 0.123. The molecule has 0 spiro atoms. The maximum Gasteiger partial charge on any atom is 0.317 e. The molecule has 2 aromatic carbocycles. The Labute approximate surface area is 153 Å². The number of carbonyl (C=O) groups excluding carboxylic acids is 1. The van der Waals surface area contributed by atoms with E-state index in [1.807, 2.05) is 56.3 Å². The number of fused-ring (bicyclic) bond motifs is 1. The highest BCUT2D eigenvalue weighted by atomic mass is 16.7. The molecule has 1 N–H and O–H groups in total. The van der Waals surface area contributed by atoms with Crippen LogP contribution in [0.1, 0.15) is 31.0 Å². The van der Waals surface area contributed by atoms with Gasteiger partial charge in [0.25, 0.3) is 0 Å². The van der Waals surface area contributed by atoms with Crippen LogP contribution in [-0.4, -0.2) is 31.4 Å². The van der Waals surface area contributed by atoms with Crippen LogP contribution in [-0.2, 0) is 6.54 Å². The fourth-order valence-electron chi connectivity index (χ4n) is 2.80.